The summed E-state index contributed by atoms with van der Waals surface area (Å²) in [5, 5.41) is 7.82. The van der Waals surface area contributed by atoms with E-state index in [2.05, 4.69) is 10.4 Å². The molecule has 11 nitrogen and oxygen atoms in total. The van der Waals surface area contributed by atoms with E-state index in [1.54, 1.807) is 17.7 Å². The molecule has 1 fully saturated rings. The lowest BCUT2D eigenvalue weighted by molar-refractivity contribution is -0.119. The van der Waals surface area contributed by atoms with Gasteiger partial charge in [0, 0.05) is 18.7 Å². The molecule has 1 N–H and O–H groups in total. The van der Waals surface area contributed by atoms with Crippen molar-refractivity contribution in [2.75, 3.05) is 32.1 Å². The molecule has 0 atom stereocenters. The minimum Gasteiger partial charge on any atom is -0.495 e. The van der Waals surface area contributed by atoms with E-state index in [-0.39, 0.29) is 21.9 Å². The first-order chi connectivity index (χ1) is 22.3. The number of hydrogen-bond acceptors (Lipinski definition) is 8. The van der Waals surface area contributed by atoms with Gasteiger partial charge in [0.2, 0.25) is 10.0 Å². The van der Waals surface area contributed by atoms with E-state index in [0.29, 0.717) is 35.5 Å². The highest BCUT2D eigenvalue weighted by atomic mass is 32.2. The Morgan fingerprint density at radius 2 is 1.61 bits per heavy atom. The molecule has 1 saturated heterocycles. The quantitative estimate of drug-likeness (QED) is 0.213. The Labute approximate surface area is 266 Å². The summed E-state index contributed by atoms with van der Waals surface area (Å²) in [5.74, 6) is -1.13. The first-order valence-electron chi connectivity index (χ1n) is 14.9. The molecule has 0 radical (unpaired) electrons. The number of ether oxygens (including phenoxy) is 2. The Balaban J connectivity index is 1.27. The summed E-state index contributed by atoms with van der Waals surface area (Å²) < 4.78 is 40.5. The standard InChI is InChI=1S/C34H33N5O6S/c1-23-32-27(21-28(24-12-6-3-7-13-24)36-33(32)39(37-23)25-14-8-4-9-15-25)34(41)45-22-31(40)35-29-20-26(16-17-30(29)44-2)46(42,43)38-18-10-5-11-19-38/h3-4,6-9,12-17,20-21H,5,10-11,18-19,22H2,1-2H3,(H,35,40). The first-order valence-corrected chi connectivity index (χ1v) is 16.4. The van der Waals surface area contributed by atoms with E-state index in [4.69, 9.17) is 14.5 Å². The number of piperidine rings is 1. The van der Waals surface area contributed by atoms with Crippen molar-refractivity contribution >= 4 is 38.6 Å². The van der Waals surface area contributed by atoms with Gasteiger partial charge in [-0.15, -0.1) is 0 Å². The minimum absolute atomic E-state index is 0.0426. The van der Waals surface area contributed by atoms with Crippen LogP contribution in [0, 0.1) is 6.92 Å². The first kappa shape index (κ1) is 30.9. The number of benzene rings is 3. The molecule has 0 unspecified atom stereocenters. The lowest BCUT2D eigenvalue weighted by Crippen LogP contribution is -2.35. The molecule has 1 amide bonds. The number of amides is 1. The van der Waals surface area contributed by atoms with Crippen LogP contribution >= 0.6 is 0 Å². The maximum atomic E-state index is 13.6. The average molecular weight is 640 g/mol. The minimum atomic E-state index is -3.75. The van der Waals surface area contributed by atoms with Crippen molar-refractivity contribution in [3.63, 3.8) is 0 Å². The number of aryl methyl sites for hydroxylation is 1. The molecule has 0 saturated carbocycles. The van der Waals surface area contributed by atoms with E-state index in [0.717, 1.165) is 30.5 Å². The molecule has 0 spiro atoms. The maximum absolute atomic E-state index is 13.6. The molecule has 236 valence electrons. The number of fused-ring (bicyclic) bond motifs is 1. The van der Waals surface area contributed by atoms with Crippen molar-refractivity contribution < 1.29 is 27.5 Å². The number of rotatable bonds is 9. The van der Waals surface area contributed by atoms with Gasteiger partial charge in [0.05, 0.1) is 45.7 Å². The van der Waals surface area contributed by atoms with E-state index < -0.39 is 28.5 Å². The Hall–Kier alpha value is -5.07. The SMILES string of the molecule is COc1ccc(S(=O)(=O)N2CCCCC2)cc1NC(=O)COC(=O)c1cc(-c2ccccc2)nc2c1c(C)nn2-c1ccccc1. The number of hydrogen-bond donors (Lipinski definition) is 1. The summed E-state index contributed by atoms with van der Waals surface area (Å²) in [5.41, 5.74) is 3.51. The summed E-state index contributed by atoms with van der Waals surface area (Å²) in [6.07, 6.45) is 2.59. The smallest absolute Gasteiger partial charge is 0.339 e. The largest absolute Gasteiger partial charge is 0.495 e. The van der Waals surface area contributed by atoms with E-state index in [1.807, 2.05) is 60.7 Å². The van der Waals surface area contributed by atoms with Crippen LogP contribution in [0.1, 0.15) is 35.3 Å². The van der Waals surface area contributed by atoms with Crippen LogP contribution in [0.2, 0.25) is 0 Å². The number of carbonyl (C=O) groups excluding carboxylic acids is 2. The zero-order valence-electron chi connectivity index (χ0n) is 25.5. The van der Waals surface area contributed by atoms with E-state index in [9.17, 15) is 18.0 Å². The van der Waals surface area contributed by atoms with Crippen LogP contribution in [0.3, 0.4) is 0 Å². The number of nitrogens with one attached hydrogen (secondary N) is 1. The predicted molar refractivity (Wildman–Crippen MR) is 174 cm³/mol. The summed E-state index contributed by atoms with van der Waals surface area (Å²) >= 11 is 0. The van der Waals surface area contributed by atoms with Gasteiger partial charge in [0.1, 0.15) is 5.75 Å². The Kier molecular flexibility index (Phi) is 8.82. The van der Waals surface area contributed by atoms with E-state index >= 15 is 0 Å². The zero-order valence-corrected chi connectivity index (χ0v) is 26.3. The van der Waals surface area contributed by atoms with Gasteiger partial charge in [0.15, 0.2) is 12.3 Å². The van der Waals surface area contributed by atoms with Crippen LogP contribution in [-0.4, -0.2) is 66.2 Å². The van der Waals surface area contributed by atoms with E-state index in [1.165, 1.54) is 29.6 Å². The van der Waals surface area contributed by atoms with Gasteiger partial charge in [-0.05, 0) is 56.2 Å². The number of sulfonamides is 1. The van der Waals surface area contributed by atoms with Crippen LogP contribution in [-0.2, 0) is 19.6 Å². The molecule has 46 heavy (non-hydrogen) atoms. The normalized spacial score (nSPS) is 13.8. The molecule has 5 aromatic rings. The number of methoxy groups -OCH3 is 1. The second kappa shape index (κ2) is 13.1. The van der Waals surface area contributed by atoms with Crippen molar-refractivity contribution in [2.45, 2.75) is 31.1 Å². The fraction of sp³-hybridized carbons (Fsp3) is 0.235. The fourth-order valence-corrected chi connectivity index (χ4v) is 7.09. The number of nitrogens with zero attached hydrogens (tertiary/aromatic N) is 4. The number of para-hydroxylation sites is 1. The van der Waals surface area contributed by atoms with Crippen LogP contribution < -0.4 is 10.1 Å². The Bertz CT molecular complexity index is 2010. The molecule has 0 bridgehead atoms. The van der Waals surface area contributed by atoms with Gasteiger partial charge < -0.3 is 14.8 Å². The van der Waals surface area contributed by atoms with Crippen molar-refractivity contribution in [1.29, 1.82) is 0 Å². The number of anilines is 1. The molecule has 3 aromatic carbocycles. The van der Waals surface area contributed by atoms with Gasteiger partial charge >= 0.3 is 5.97 Å². The molecule has 1 aliphatic heterocycles. The molecule has 6 rings (SSSR count). The lowest BCUT2D eigenvalue weighted by Gasteiger charge is -2.26. The monoisotopic (exact) mass is 639 g/mol. The predicted octanol–water partition coefficient (Wildman–Crippen LogP) is 5.37. The summed E-state index contributed by atoms with van der Waals surface area (Å²) in [6.45, 7) is 2.06. The van der Waals surface area contributed by atoms with Gasteiger partial charge in [-0.1, -0.05) is 55.0 Å². The fourth-order valence-electron chi connectivity index (χ4n) is 5.55. The molecule has 0 aliphatic carbocycles. The Morgan fingerprint density at radius 3 is 2.30 bits per heavy atom. The average Bonchev–Trinajstić information content (AvgIpc) is 3.43. The topological polar surface area (TPSA) is 133 Å². The Morgan fingerprint density at radius 1 is 0.913 bits per heavy atom. The molecular weight excluding hydrogens is 606 g/mol. The van der Waals surface area contributed by atoms with Crippen molar-refractivity contribution in [2.24, 2.45) is 0 Å². The van der Waals surface area contributed by atoms with Crippen LogP contribution in [0.5, 0.6) is 5.75 Å². The van der Waals surface area contributed by atoms with Gasteiger partial charge in [-0.3, -0.25) is 4.79 Å². The van der Waals surface area contributed by atoms with Crippen LogP contribution in [0.15, 0.2) is 89.8 Å². The highest BCUT2D eigenvalue weighted by molar-refractivity contribution is 7.89. The summed E-state index contributed by atoms with van der Waals surface area (Å²) in [4.78, 5) is 31.6. The van der Waals surface area contributed by atoms with Crippen molar-refractivity contribution in [3.05, 3.63) is 96.2 Å². The molecule has 1 aliphatic rings. The number of carbonyl (C=O) groups is 2. The van der Waals surface area contributed by atoms with Crippen molar-refractivity contribution in [1.82, 2.24) is 19.1 Å². The zero-order chi connectivity index (χ0) is 32.3. The summed E-state index contributed by atoms with van der Waals surface area (Å²) in [7, 11) is -2.33. The van der Waals surface area contributed by atoms with Crippen LogP contribution in [0.4, 0.5) is 5.69 Å². The highest BCUT2D eigenvalue weighted by Crippen LogP contribution is 2.31. The molecule has 12 heteroatoms. The molecular formula is C34H33N5O6S. The summed E-state index contributed by atoms with van der Waals surface area (Å²) in [6, 6.07) is 24.8. The van der Waals surface area contributed by atoms with Gasteiger partial charge in [0.25, 0.3) is 5.91 Å². The molecule has 3 heterocycles. The third kappa shape index (κ3) is 6.22. The highest BCUT2D eigenvalue weighted by Gasteiger charge is 2.27. The number of pyridine rings is 1. The third-order valence-electron chi connectivity index (χ3n) is 7.84. The number of esters is 1. The van der Waals surface area contributed by atoms with Gasteiger partial charge in [-0.2, -0.15) is 9.40 Å². The van der Waals surface area contributed by atoms with Crippen molar-refractivity contribution in [3.8, 4) is 22.7 Å². The molecule has 2 aromatic heterocycles. The van der Waals surface area contributed by atoms with Crippen LogP contribution in [0.25, 0.3) is 28.0 Å². The lowest BCUT2D eigenvalue weighted by atomic mass is 10.1. The number of aromatic nitrogens is 3. The third-order valence-corrected chi connectivity index (χ3v) is 9.73. The second-order valence-electron chi connectivity index (χ2n) is 10.9. The second-order valence-corrected chi connectivity index (χ2v) is 12.8. The maximum Gasteiger partial charge on any atom is 0.339 e. The van der Waals surface area contributed by atoms with Gasteiger partial charge in [-0.25, -0.2) is 22.9 Å².